The highest BCUT2D eigenvalue weighted by atomic mass is 32.1. The van der Waals surface area contributed by atoms with Gasteiger partial charge in [-0.1, -0.05) is 32.9 Å². The molecule has 206 valence electrons. The van der Waals surface area contributed by atoms with E-state index in [9.17, 15) is 9.59 Å². The average Bonchev–Trinajstić information content (AvgIpc) is 3.30. The summed E-state index contributed by atoms with van der Waals surface area (Å²) < 4.78 is 21.7. The quantitative estimate of drug-likeness (QED) is 0.287. The molecular formula is C30H34N2O6S. The van der Waals surface area contributed by atoms with Crippen LogP contribution < -0.4 is 29.6 Å². The van der Waals surface area contributed by atoms with Crippen LogP contribution >= 0.6 is 11.3 Å². The Balaban J connectivity index is 1.35. The van der Waals surface area contributed by atoms with Crippen molar-refractivity contribution in [2.24, 2.45) is 11.3 Å². The number of methoxy groups -OCH3 is 3. The van der Waals surface area contributed by atoms with Crippen molar-refractivity contribution in [3.05, 3.63) is 63.5 Å². The Morgan fingerprint density at radius 3 is 2.36 bits per heavy atom. The summed E-state index contributed by atoms with van der Waals surface area (Å²) in [5.41, 5.74) is 3.24. The van der Waals surface area contributed by atoms with E-state index in [-0.39, 0.29) is 16.9 Å². The molecule has 0 spiro atoms. The predicted molar refractivity (Wildman–Crippen MR) is 151 cm³/mol. The Morgan fingerprint density at radius 2 is 1.72 bits per heavy atom. The molecule has 9 heteroatoms. The van der Waals surface area contributed by atoms with Crippen molar-refractivity contribution < 1.29 is 28.5 Å². The van der Waals surface area contributed by atoms with E-state index in [4.69, 9.17) is 18.9 Å². The minimum Gasteiger partial charge on any atom is -0.493 e. The van der Waals surface area contributed by atoms with Gasteiger partial charge < -0.3 is 29.6 Å². The lowest BCUT2D eigenvalue weighted by Crippen LogP contribution is -2.38. The SMILES string of the molecule is COc1cc(C(=O)Oc2cccc([C@@H]3NC(=O)c4c(sc5c4CC[C@H](C(C)(C)C)C5)N3)c2)cc(OC)c1OC. The normalized spacial score (nSPS) is 18.3. The van der Waals surface area contributed by atoms with Crippen LogP contribution in [0.5, 0.6) is 23.0 Å². The first-order chi connectivity index (χ1) is 18.6. The number of anilines is 1. The summed E-state index contributed by atoms with van der Waals surface area (Å²) in [5, 5.41) is 7.51. The lowest BCUT2D eigenvalue weighted by molar-refractivity contribution is 0.0733. The fourth-order valence-electron chi connectivity index (χ4n) is 5.33. The van der Waals surface area contributed by atoms with Gasteiger partial charge in [-0.05, 0) is 66.0 Å². The van der Waals surface area contributed by atoms with Crippen LogP contribution in [0.25, 0.3) is 0 Å². The number of thiophene rings is 1. The Kier molecular flexibility index (Phi) is 7.20. The molecular weight excluding hydrogens is 516 g/mol. The molecule has 0 saturated heterocycles. The number of nitrogens with one attached hydrogen (secondary N) is 2. The monoisotopic (exact) mass is 550 g/mol. The largest absolute Gasteiger partial charge is 0.493 e. The number of hydrogen-bond donors (Lipinski definition) is 2. The van der Waals surface area contributed by atoms with Crippen LogP contribution in [0, 0.1) is 11.3 Å². The molecule has 0 unspecified atom stereocenters. The van der Waals surface area contributed by atoms with Crippen molar-refractivity contribution in [3.63, 3.8) is 0 Å². The Labute approximate surface area is 232 Å². The van der Waals surface area contributed by atoms with Crippen molar-refractivity contribution in [1.29, 1.82) is 0 Å². The van der Waals surface area contributed by atoms with Crippen LogP contribution in [0.1, 0.15) is 70.1 Å². The molecule has 1 aliphatic carbocycles. The van der Waals surface area contributed by atoms with E-state index in [0.717, 1.165) is 35.4 Å². The van der Waals surface area contributed by atoms with Crippen LogP contribution in [0.15, 0.2) is 36.4 Å². The van der Waals surface area contributed by atoms with Crippen molar-refractivity contribution >= 4 is 28.2 Å². The van der Waals surface area contributed by atoms with Gasteiger partial charge in [-0.2, -0.15) is 0 Å². The van der Waals surface area contributed by atoms with Crippen LogP contribution in [-0.2, 0) is 12.8 Å². The number of fused-ring (bicyclic) bond motifs is 3. The fourth-order valence-corrected chi connectivity index (χ4v) is 6.68. The smallest absolute Gasteiger partial charge is 0.343 e. The molecule has 8 nitrogen and oxygen atoms in total. The Hall–Kier alpha value is -3.72. The molecule has 2 N–H and O–H groups in total. The standard InChI is InChI=1S/C30H34N2O6S/c1-30(2,3)18-10-11-20-23(15-18)39-28-24(20)27(33)31-26(32-28)16-8-7-9-19(12-16)38-29(34)17-13-21(35-4)25(37-6)22(14-17)36-5/h7-9,12-14,18,26,32H,10-11,15H2,1-6H3,(H,31,33)/t18-,26+/m0/s1. The number of carbonyl (C=O) groups is 2. The molecule has 3 aromatic rings. The summed E-state index contributed by atoms with van der Waals surface area (Å²) in [6.45, 7) is 6.87. The van der Waals surface area contributed by atoms with E-state index >= 15 is 0 Å². The van der Waals surface area contributed by atoms with E-state index in [0.29, 0.717) is 28.9 Å². The summed E-state index contributed by atoms with van der Waals surface area (Å²) in [7, 11) is 4.47. The Bertz CT molecular complexity index is 1400. The van der Waals surface area contributed by atoms with E-state index in [2.05, 4.69) is 31.4 Å². The number of hydrogen-bond acceptors (Lipinski definition) is 8. The van der Waals surface area contributed by atoms with Gasteiger partial charge in [0.05, 0.1) is 32.5 Å². The zero-order valence-electron chi connectivity index (χ0n) is 23.1. The van der Waals surface area contributed by atoms with Crippen molar-refractivity contribution in [1.82, 2.24) is 5.32 Å². The summed E-state index contributed by atoms with van der Waals surface area (Å²) >= 11 is 1.69. The van der Waals surface area contributed by atoms with Gasteiger partial charge in [0.2, 0.25) is 5.75 Å². The van der Waals surface area contributed by atoms with Crippen LogP contribution in [0.2, 0.25) is 0 Å². The van der Waals surface area contributed by atoms with E-state index < -0.39 is 12.1 Å². The molecule has 2 heterocycles. The van der Waals surface area contributed by atoms with Crippen LogP contribution in [0.4, 0.5) is 5.00 Å². The minimum absolute atomic E-state index is 0.0692. The van der Waals surface area contributed by atoms with Gasteiger partial charge in [0.25, 0.3) is 5.91 Å². The van der Waals surface area contributed by atoms with E-state index in [1.54, 1.807) is 41.7 Å². The molecule has 0 bridgehead atoms. The fraction of sp³-hybridized carbons (Fsp3) is 0.400. The van der Waals surface area contributed by atoms with Gasteiger partial charge in [0.1, 0.15) is 16.9 Å². The lowest BCUT2D eigenvalue weighted by atomic mass is 9.72. The highest BCUT2D eigenvalue weighted by molar-refractivity contribution is 7.16. The maximum atomic E-state index is 13.2. The highest BCUT2D eigenvalue weighted by Crippen LogP contribution is 2.46. The van der Waals surface area contributed by atoms with Crippen molar-refractivity contribution in [2.45, 2.75) is 46.2 Å². The molecule has 5 rings (SSSR count). The van der Waals surface area contributed by atoms with Gasteiger partial charge in [-0.15, -0.1) is 11.3 Å². The second-order valence-electron chi connectivity index (χ2n) is 10.9. The van der Waals surface area contributed by atoms with Crippen molar-refractivity contribution in [3.8, 4) is 23.0 Å². The molecule has 0 radical (unpaired) electrons. The average molecular weight is 551 g/mol. The number of carbonyl (C=O) groups excluding carboxylic acids is 2. The predicted octanol–water partition coefficient (Wildman–Crippen LogP) is 6.00. The molecule has 0 fully saturated rings. The first-order valence-electron chi connectivity index (χ1n) is 13.0. The molecule has 2 aliphatic rings. The second kappa shape index (κ2) is 10.4. The summed E-state index contributed by atoms with van der Waals surface area (Å²) in [5.74, 6) is 1.41. The van der Waals surface area contributed by atoms with E-state index in [1.807, 2.05) is 6.07 Å². The van der Waals surface area contributed by atoms with Gasteiger partial charge in [-0.25, -0.2) is 4.79 Å². The topological polar surface area (TPSA) is 95.1 Å². The number of rotatable bonds is 6. The first-order valence-corrected chi connectivity index (χ1v) is 13.8. The number of amides is 1. The molecule has 0 saturated carbocycles. The minimum atomic E-state index is -0.575. The number of ether oxygens (including phenoxy) is 4. The van der Waals surface area contributed by atoms with Crippen LogP contribution in [0.3, 0.4) is 0 Å². The third kappa shape index (κ3) is 5.15. The van der Waals surface area contributed by atoms with Crippen LogP contribution in [-0.4, -0.2) is 33.2 Å². The van der Waals surface area contributed by atoms with Gasteiger partial charge in [0, 0.05) is 4.88 Å². The lowest BCUT2D eigenvalue weighted by Gasteiger charge is -2.34. The third-order valence-electron chi connectivity index (χ3n) is 7.57. The third-order valence-corrected chi connectivity index (χ3v) is 8.76. The van der Waals surface area contributed by atoms with Gasteiger partial charge in [0.15, 0.2) is 11.5 Å². The second-order valence-corrected chi connectivity index (χ2v) is 12.0. The Morgan fingerprint density at radius 1 is 1.00 bits per heavy atom. The zero-order chi connectivity index (χ0) is 27.9. The summed E-state index contributed by atoms with van der Waals surface area (Å²) in [4.78, 5) is 27.6. The van der Waals surface area contributed by atoms with E-state index in [1.165, 1.54) is 31.8 Å². The molecule has 1 aliphatic heterocycles. The highest BCUT2D eigenvalue weighted by Gasteiger charge is 2.36. The maximum Gasteiger partial charge on any atom is 0.343 e. The molecule has 2 atom stereocenters. The van der Waals surface area contributed by atoms with Gasteiger partial charge >= 0.3 is 5.97 Å². The first kappa shape index (κ1) is 26.9. The molecule has 2 aromatic carbocycles. The number of benzene rings is 2. The molecule has 1 aromatic heterocycles. The van der Waals surface area contributed by atoms with Gasteiger partial charge in [-0.3, -0.25) is 4.79 Å². The molecule has 39 heavy (non-hydrogen) atoms. The maximum absolute atomic E-state index is 13.2. The number of esters is 1. The summed E-state index contributed by atoms with van der Waals surface area (Å²) in [6.07, 6.45) is 2.58. The molecule has 1 amide bonds. The summed E-state index contributed by atoms with van der Waals surface area (Å²) in [6, 6.07) is 10.2. The van der Waals surface area contributed by atoms with Crippen molar-refractivity contribution in [2.75, 3.05) is 26.6 Å². The zero-order valence-corrected chi connectivity index (χ0v) is 23.9.